The van der Waals surface area contributed by atoms with Crippen LogP contribution in [-0.4, -0.2) is 40.4 Å². The predicted octanol–water partition coefficient (Wildman–Crippen LogP) is 1.77. The van der Waals surface area contributed by atoms with Crippen LogP contribution in [0.5, 0.6) is 0 Å². The van der Waals surface area contributed by atoms with Crippen molar-refractivity contribution in [2.75, 3.05) is 19.6 Å². The Kier molecular flexibility index (Phi) is 3.44. The average molecular weight is 261 g/mol. The molecule has 0 aliphatic carbocycles. The molecule has 3 nitrogen and oxygen atoms in total. The molecule has 2 heterocycles. The molecule has 80 valence electrons. The van der Waals surface area contributed by atoms with Crippen LogP contribution in [0.25, 0.3) is 0 Å². The lowest BCUT2D eigenvalue weighted by Gasteiger charge is -2.40. The monoisotopic (exact) mass is 260 g/mol. The Morgan fingerprint density at radius 3 is 2.50 bits per heavy atom. The van der Waals surface area contributed by atoms with Crippen molar-refractivity contribution in [3.8, 4) is 0 Å². The molecule has 0 spiro atoms. The van der Waals surface area contributed by atoms with Gasteiger partial charge in [0.25, 0.3) is 5.91 Å². The van der Waals surface area contributed by atoms with Crippen LogP contribution >= 0.6 is 15.9 Å². The molecule has 2 saturated heterocycles. The van der Waals surface area contributed by atoms with Gasteiger partial charge >= 0.3 is 0 Å². The van der Waals surface area contributed by atoms with Crippen molar-refractivity contribution < 1.29 is 4.79 Å². The maximum atomic E-state index is 11.9. The Hall–Kier alpha value is -0.0900. The maximum Gasteiger partial charge on any atom is 0.250 e. The van der Waals surface area contributed by atoms with Gasteiger partial charge in [0.15, 0.2) is 0 Å². The highest BCUT2D eigenvalue weighted by Crippen LogP contribution is 2.22. The van der Waals surface area contributed by atoms with E-state index in [0.717, 1.165) is 32.5 Å². The van der Waals surface area contributed by atoms with Crippen LogP contribution in [0.2, 0.25) is 0 Å². The van der Waals surface area contributed by atoms with Gasteiger partial charge in [-0.25, -0.2) is 5.01 Å². The third-order valence-corrected chi connectivity index (χ3v) is 3.87. The molecule has 4 heteroatoms. The van der Waals surface area contributed by atoms with Crippen molar-refractivity contribution in [3.63, 3.8) is 0 Å². The Morgan fingerprint density at radius 2 is 1.79 bits per heavy atom. The van der Waals surface area contributed by atoms with Gasteiger partial charge in [0, 0.05) is 19.6 Å². The van der Waals surface area contributed by atoms with Gasteiger partial charge in [-0.15, -0.1) is 0 Å². The summed E-state index contributed by atoms with van der Waals surface area (Å²) in [5.41, 5.74) is 0. The quantitative estimate of drug-likeness (QED) is 0.672. The van der Waals surface area contributed by atoms with Crippen molar-refractivity contribution in [1.82, 2.24) is 10.0 Å². The Labute approximate surface area is 93.5 Å². The fourth-order valence-electron chi connectivity index (χ4n) is 2.22. The zero-order chi connectivity index (χ0) is 9.97. The molecule has 0 radical (unpaired) electrons. The van der Waals surface area contributed by atoms with E-state index in [1.807, 2.05) is 5.01 Å². The van der Waals surface area contributed by atoms with Crippen LogP contribution < -0.4 is 0 Å². The van der Waals surface area contributed by atoms with E-state index in [2.05, 4.69) is 20.9 Å². The summed E-state index contributed by atoms with van der Waals surface area (Å²) >= 11 is 3.44. The number of hydrogen-bond acceptors (Lipinski definition) is 2. The number of nitrogens with zero attached hydrogens (tertiary/aromatic N) is 2. The number of amides is 1. The number of halogens is 1. The molecule has 1 unspecified atom stereocenters. The van der Waals surface area contributed by atoms with Crippen LogP contribution in [0.3, 0.4) is 0 Å². The number of rotatable bonds is 1. The first-order valence-electron chi connectivity index (χ1n) is 5.49. The van der Waals surface area contributed by atoms with Crippen LogP contribution in [-0.2, 0) is 4.79 Å². The minimum absolute atomic E-state index is 0.0539. The summed E-state index contributed by atoms with van der Waals surface area (Å²) in [6, 6.07) is 0. The third-order valence-electron chi connectivity index (χ3n) is 3.02. The smallest absolute Gasteiger partial charge is 0.250 e. The molecule has 0 aromatic heterocycles. The Bertz CT molecular complexity index is 216. The fraction of sp³-hybridized carbons (Fsp3) is 0.900. The van der Waals surface area contributed by atoms with Gasteiger partial charge in [0.05, 0.1) is 4.83 Å². The van der Waals surface area contributed by atoms with E-state index < -0.39 is 0 Å². The molecule has 0 aromatic rings. The lowest BCUT2D eigenvalue weighted by atomic mass is 10.1. The van der Waals surface area contributed by atoms with Crippen LogP contribution in [0.4, 0.5) is 0 Å². The summed E-state index contributed by atoms with van der Waals surface area (Å²) < 4.78 is 0. The number of carbonyl (C=O) groups is 1. The Balaban J connectivity index is 1.97. The van der Waals surface area contributed by atoms with E-state index in [1.54, 1.807) is 0 Å². The van der Waals surface area contributed by atoms with E-state index in [1.165, 1.54) is 19.3 Å². The van der Waals surface area contributed by atoms with Crippen molar-refractivity contribution in [3.05, 3.63) is 0 Å². The SMILES string of the molecule is O=C1C(Br)CCCN1N1CCCCC1. The Morgan fingerprint density at radius 1 is 1.07 bits per heavy atom. The molecule has 0 bridgehead atoms. The first-order valence-corrected chi connectivity index (χ1v) is 6.41. The topological polar surface area (TPSA) is 23.6 Å². The first-order chi connectivity index (χ1) is 6.79. The predicted molar refractivity (Wildman–Crippen MR) is 59.1 cm³/mol. The summed E-state index contributed by atoms with van der Waals surface area (Å²) in [6.45, 7) is 3.04. The second-order valence-electron chi connectivity index (χ2n) is 4.09. The van der Waals surface area contributed by atoms with E-state index in [9.17, 15) is 4.79 Å². The van der Waals surface area contributed by atoms with E-state index in [4.69, 9.17) is 0 Å². The van der Waals surface area contributed by atoms with Gasteiger partial charge in [0.2, 0.25) is 0 Å². The minimum atomic E-state index is 0.0539. The van der Waals surface area contributed by atoms with Gasteiger partial charge in [-0.3, -0.25) is 9.80 Å². The molecule has 0 aromatic carbocycles. The van der Waals surface area contributed by atoms with Crippen molar-refractivity contribution in [1.29, 1.82) is 0 Å². The number of alkyl halides is 1. The highest BCUT2D eigenvalue weighted by molar-refractivity contribution is 9.10. The highest BCUT2D eigenvalue weighted by Gasteiger charge is 2.30. The molecular formula is C10H17BrN2O. The molecule has 1 amide bonds. The summed E-state index contributed by atoms with van der Waals surface area (Å²) in [5.74, 6) is 0.262. The molecular weight excluding hydrogens is 244 g/mol. The summed E-state index contributed by atoms with van der Waals surface area (Å²) in [4.78, 5) is 11.9. The zero-order valence-corrected chi connectivity index (χ0v) is 10.0. The van der Waals surface area contributed by atoms with Crippen LogP contribution in [0.1, 0.15) is 32.1 Å². The molecule has 2 aliphatic heterocycles. The lowest BCUT2D eigenvalue weighted by molar-refractivity contribution is -0.153. The zero-order valence-electron chi connectivity index (χ0n) is 8.41. The van der Waals surface area contributed by atoms with Crippen molar-refractivity contribution >= 4 is 21.8 Å². The van der Waals surface area contributed by atoms with Crippen molar-refractivity contribution in [2.45, 2.75) is 36.9 Å². The summed E-state index contributed by atoms with van der Waals surface area (Å²) in [7, 11) is 0. The largest absolute Gasteiger partial charge is 0.274 e. The summed E-state index contributed by atoms with van der Waals surface area (Å²) in [5, 5.41) is 4.20. The van der Waals surface area contributed by atoms with Gasteiger partial charge in [-0.05, 0) is 25.7 Å². The second kappa shape index (κ2) is 4.62. The average Bonchev–Trinajstić information content (AvgIpc) is 2.23. The molecule has 2 fully saturated rings. The van der Waals surface area contributed by atoms with Crippen molar-refractivity contribution in [2.24, 2.45) is 0 Å². The lowest BCUT2D eigenvalue weighted by Crippen LogP contribution is -2.53. The third kappa shape index (κ3) is 2.11. The molecule has 0 N–H and O–H groups in total. The fourth-order valence-corrected chi connectivity index (χ4v) is 2.78. The van der Waals surface area contributed by atoms with E-state index in [0.29, 0.717) is 0 Å². The molecule has 14 heavy (non-hydrogen) atoms. The molecule has 1 atom stereocenters. The van der Waals surface area contributed by atoms with Gasteiger partial charge in [-0.2, -0.15) is 0 Å². The second-order valence-corrected chi connectivity index (χ2v) is 5.19. The normalized spacial score (nSPS) is 30.8. The summed E-state index contributed by atoms with van der Waals surface area (Å²) in [6.07, 6.45) is 5.89. The number of piperidine rings is 2. The minimum Gasteiger partial charge on any atom is -0.274 e. The van der Waals surface area contributed by atoms with E-state index >= 15 is 0 Å². The van der Waals surface area contributed by atoms with Gasteiger partial charge < -0.3 is 0 Å². The maximum absolute atomic E-state index is 11.9. The van der Waals surface area contributed by atoms with Gasteiger partial charge in [-0.1, -0.05) is 22.4 Å². The van der Waals surface area contributed by atoms with E-state index in [-0.39, 0.29) is 10.7 Å². The molecule has 2 aliphatic rings. The highest BCUT2D eigenvalue weighted by atomic mass is 79.9. The number of hydrogen-bond donors (Lipinski definition) is 0. The molecule has 0 saturated carbocycles. The first kappa shape index (κ1) is 10.4. The molecule has 2 rings (SSSR count). The van der Waals surface area contributed by atoms with Crippen LogP contribution in [0.15, 0.2) is 0 Å². The standard InChI is InChI=1S/C10H17BrN2O/c11-9-5-4-8-13(10(9)14)12-6-2-1-3-7-12/h9H,1-8H2. The van der Waals surface area contributed by atoms with Crippen LogP contribution in [0, 0.1) is 0 Å². The van der Waals surface area contributed by atoms with Gasteiger partial charge in [0.1, 0.15) is 0 Å². The number of carbonyl (C=O) groups excluding carboxylic acids is 1. The number of hydrazine groups is 1.